The number of nitrogens with zero attached hydrogens (tertiary/aromatic N) is 3. The molecule has 0 saturated carbocycles. The normalized spacial score (nSPS) is 14.4. The van der Waals surface area contributed by atoms with Gasteiger partial charge in [-0.05, 0) is 71.7 Å². The largest absolute Gasteiger partial charge is 0.309 e. The second-order valence-electron chi connectivity index (χ2n) is 12.7. The van der Waals surface area contributed by atoms with Crippen molar-refractivity contribution in [1.82, 2.24) is 13.7 Å². The molecule has 11 aromatic rings. The number of rotatable bonds is 4. The molecule has 0 amide bonds. The first kappa shape index (κ1) is 20.6. The summed E-state index contributed by atoms with van der Waals surface area (Å²) in [5, 5.41) is 6.11. The first-order valence-electron chi connectivity index (χ1n) is 21.3. The highest BCUT2D eigenvalue weighted by atomic mass is 15.0. The quantitative estimate of drug-likeness (QED) is 0.179. The van der Waals surface area contributed by atoms with E-state index in [2.05, 4.69) is 94.1 Å². The summed E-state index contributed by atoms with van der Waals surface area (Å²) in [6.07, 6.45) is 0. The van der Waals surface area contributed by atoms with Crippen molar-refractivity contribution in [3.8, 4) is 28.2 Å². The van der Waals surface area contributed by atoms with Gasteiger partial charge in [0.15, 0.2) is 0 Å². The lowest BCUT2D eigenvalue weighted by Crippen LogP contribution is -1.98. The van der Waals surface area contributed by atoms with Gasteiger partial charge in [0.25, 0.3) is 0 Å². The van der Waals surface area contributed by atoms with Crippen LogP contribution in [0.2, 0.25) is 0 Å². The molecule has 0 spiro atoms. The van der Waals surface area contributed by atoms with E-state index in [1.807, 2.05) is 48.5 Å². The van der Waals surface area contributed by atoms with E-state index >= 15 is 0 Å². The lowest BCUT2D eigenvalue weighted by atomic mass is 10.1. The van der Waals surface area contributed by atoms with Gasteiger partial charge in [-0.2, -0.15) is 0 Å². The first-order chi connectivity index (χ1) is 29.1. The number of benzene rings is 8. The number of hydrogen-bond acceptors (Lipinski definition) is 0. The van der Waals surface area contributed by atoms with Crippen LogP contribution >= 0.6 is 0 Å². The molecule has 0 saturated heterocycles. The second-order valence-corrected chi connectivity index (χ2v) is 12.7. The molecule has 0 bridgehead atoms. The van der Waals surface area contributed by atoms with Crippen molar-refractivity contribution in [2.75, 3.05) is 0 Å². The summed E-state index contributed by atoms with van der Waals surface area (Å²) in [5.41, 5.74) is 6.57. The van der Waals surface area contributed by atoms with Crippen LogP contribution in [-0.2, 0) is 0 Å². The van der Waals surface area contributed by atoms with Crippen LogP contribution in [0, 0.1) is 0 Å². The molecule has 0 atom stereocenters. The van der Waals surface area contributed by atoms with E-state index in [4.69, 9.17) is 9.60 Å². The summed E-state index contributed by atoms with van der Waals surface area (Å²) in [6.45, 7) is 0. The molecule has 0 aliphatic rings. The summed E-state index contributed by atoms with van der Waals surface area (Å²) in [7, 11) is 0. The summed E-state index contributed by atoms with van der Waals surface area (Å²) in [4.78, 5) is 0. The van der Waals surface area contributed by atoms with Crippen LogP contribution < -0.4 is 0 Å². The van der Waals surface area contributed by atoms with Gasteiger partial charge in [-0.1, -0.05) is 127 Å². The van der Waals surface area contributed by atoms with Gasteiger partial charge in [-0.25, -0.2) is 0 Å². The van der Waals surface area contributed by atoms with Gasteiger partial charge in [0.05, 0.1) is 51.1 Å². The Kier molecular flexibility index (Phi) is 4.38. The molecule has 3 aromatic heterocycles. The van der Waals surface area contributed by atoms with Gasteiger partial charge >= 0.3 is 0 Å². The van der Waals surface area contributed by atoms with Crippen LogP contribution in [0.3, 0.4) is 0 Å². The summed E-state index contributed by atoms with van der Waals surface area (Å²) < 4.78 is 85.3. The number of hydrogen-bond donors (Lipinski definition) is 0. The molecule has 0 N–H and O–H groups in total. The van der Waals surface area contributed by atoms with E-state index in [-0.39, 0.29) is 28.9 Å². The van der Waals surface area contributed by atoms with Crippen LogP contribution in [0.1, 0.15) is 12.3 Å². The number of aromatic nitrogens is 3. The third-order valence-electron chi connectivity index (χ3n) is 10.00. The molecular weight excluding hydrogens is 619 g/mol. The van der Waals surface area contributed by atoms with Gasteiger partial charge in [-0.3, -0.25) is 0 Å². The van der Waals surface area contributed by atoms with Crippen molar-refractivity contribution >= 4 is 65.4 Å². The standard InChI is InChI=1S/C48H31N3/c1-2-14-32(15-3-1)33-16-12-17-34(30-33)50-41-22-8-4-20-38(41)39-29-28-35(31-47(39)50)49-44-25-11-7-21-40(44)48-45(49)26-13-27-46(48)51-42-23-9-5-18-36(42)37-19-6-10-24-43(37)51/h1-31H/i1D,2D,3D,12D,14D,15D,16D,17D,30D. The maximum Gasteiger partial charge on any atom is 0.0651 e. The second kappa shape index (κ2) is 10.8. The predicted molar refractivity (Wildman–Crippen MR) is 215 cm³/mol. The van der Waals surface area contributed by atoms with Crippen LogP contribution in [0.15, 0.2) is 188 Å². The topological polar surface area (TPSA) is 14.8 Å². The van der Waals surface area contributed by atoms with E-state index < -0.39 is 42.3 Å². The molecular formula is C48H31N3. The van der Waals surface area contributed by atoms with Gasteiger partial charge in [0.2, 0.25) is 0 Å². The number of para-hydroxylation sites is 4. The minimum Gasteiger partial charge on any atom is -0.309 e. The molecule has 0 unspecified atom stereocenters. The molecule has 0 aliphatic carbocycles. The first-order valence-corrected chi connectivity index (χ1v) is 16.8. The van der Waals surface area contributed by atoms with Crippen molar-refractivity contribution in [1.29, 1.82) is 0 Å². The van der Waals surface area contributed by atoms with E-state index in [0.29, 0.717) is 11.0 Å². The molecule has 11 rings (SSSR count). The predicted octanol–water partition coefficient (Wildman–Crippen LogP) is 12.6. The molecule has 3 nitrogen and oxygen atoms in total. The van der Waals surface area contributed by atoms with E-state index in [9.17, 15) is 2.74 Å². The van der Waals surface area contributed by atoms with E-state index in [1.54, 1.807) is 4.57 Å². The van der Waals surface area contributed by atoms with Crippen LogP contribution in [0.5, 0.6) is 0 Å². The Morgan fingerprint density at radius 2 is 0.882 bits per heavy atom. The lowest BCUT2D eigenvalue weighted by Gasteiger charge is -2.13. The fourth-order valence-corrected chi connectivity index (χ4v) is 7.93. The van der Waals surface area contributed by atoms with Gasteiger partial charge in [0, 0.05) is 43.7 Å². The molecule has 0 radical (unpaired) electrons. The minimum atomic E-state index is -0.609. The third kappa shape index (κ3) is 4.06. The average molecular weight is 659 g/mol. The average Bonchev–Trinajstić information content (AvgIpc) is 3.91. The fraction of sp³-hybridized carbons (Fsp3) is 0. The van der Waals surface area contributed by atoms with Crippen molar-refractivity contribution in [2.45, 2.75) is 0 Å². The Morgan fingerprint density at radius 3 is 1.57 bits per heavy atom. The molecule has 0 fully saturated rings. The van der Waals surface area contributed by atoms with Crippen molar-refractivity contribution in [2.24, 2.45) is 0 Å². The Labute approximate surface area is 307 Å². The highest BCUT2D eigenvalue weighted by Gasteiger charge is 2.20. The SMILES string of the molecule is [2H]c1c([2H])c([2H])c(-c2c([2H])c([2H])c([2H])c(-n3c4ccccc4c4ccc(-n5c6ccccc6c6c(-n7c8ccccc8c8ccccc87)cccc65)cc43)c2[2H])c([2H])c1[2H]. The smallest absolute Gasteiger partial charge is 0.0651 e. The Hall–Kier alpha value is -6.84. The maximum absolute atomic E-state index is 9.60. The van der Waals surface area contributed by atoms with Crippen molar-refractivity contribution < 1.29 is 12.3 Å². The molecule has 51 heavy (non-hydrogen) atoms. The fourth-order valence-electron chi connectivity index (χ4n) is 7.93. The highest BCUT2D eigenvalue weighted by molar-refractivity contribution is 6.17. The molecule has 3 heteroatoms. The Bertz CT molecular complexity index is 3590. The van der Waals surface area contributed by atoms with Crippen LogP contribution in [0.4, 0.5) is 0 Å². The summed E-state index contributed by atoms with van der Waals surface area (Å²) in [5.74, 6) is 0. The lowest BCUT2D eigenvalue weighted by molar-refractivity contribution is 1.15. The monoisotopic (exact) mass is 658 g/mol. The van der Waals surface area contributed by atoms with E-state index in [1.165, 1.54) is 10.8 Å². The number of fused-ring (bicyclic) bond motifs is 9. The zero-order chi connectivity index (χ0) is 41.3. The maximum atomic E-state index is 9.60. The molecule has 238 valence electrons. The summed E-state index contributed by atoms with van der Waals surface area (Å²) in [6, 6.07) is 40.4. The van der Waals surface area contributed by atoms with Crippen LogP contribution in [-0.4, -0.2) is 13.7 Å². The Balaban J connectivity index is 1.22. The molecule has 8 aromatic carbocycles. The molecule has 3 heterocycles. The zero-order valence-corrected chi connectivity index (χ0v) is 27.0. The van der Waals surface area contributed by atoms with Crippen molar-refractivity contribution in [3.05, 3.63) is 188 Å². The van der Waals surface area contributed by atoms with Crippen molar-refractivity contribution in [3.63, 3.8) is 0 Å². The summed E-state index contributed by atoms with van der Waals surface area (Å²) >= 11 is 0. The Morgan fingerprint density at radius 1 is 0.353 bits per heavy atom. The van der Waals surface area contributed by atoms with Gasteiger partial charge in [0.1, 0.15) is 0 Å². The highest BCUT2D eigenvalue weighted by Crippen LogP contribution is 2.41. The van der Waals surface area contributed by atoms with Gasteiger partial charge < -0.3 is 13.7 Å². The van der Waals surface area contributed by atoms with Gasteiger partial charge in [-0.15, -0.1) is 0 Å². The molecule has 0 aliphatic heterocycles. The van der Waals surface area contributed by atoms with E-state index in [0.717, 1.165) is 55.0 Å². The van der Waals surface area contributed by atoms with Crippen LogP contribution in [0.25, 0.3) is 93.6 Å². The minimum absolute atomic E-state index is 0.0305. The zero-order valence-electron chi connectivity index (χ0n) is 36.0. The third-order valence-corrected chi connectivity index (χ3v) is 10.00.